The number of benzene rings is 1. The van der Waals surface area contributed by atoms with Gasteiger partial charge in [-0.15, -0.1) is 6.58 Å². The van der Waals surface area contributed by atoms with Gasteiger partial charge < -0.3 is 14.6 Å². The van der Waals surface area contributed by atoms with Crippen LogP contribution in [-0.2, 0) is 11.3 Å². The van der Waals surface area contributed by atoms with E-state index in [1.165, 1.54) is 0 Å². The second-order valence-corrected chi connectivity index (χ2v) is 4.89. The monoisotopic (exact) mass is 272 g/mol. The van der Waals surface area contributed by atoms with Crippen LogP contribution < -0.4 is 10.1 Å². The Morgan fingerprint density at radius 2 is 2.25 bits per heavy atom. The normalized spacial score (nSPS) is 10.8. The van der Waals surface area contributed by atoms with E-state index in [0.29, 0.717) is 13.1 Å². The van der Waals surface area contributed by atoms with Crippen LogP contribution in [0, 0.1) is 0 Å². The summed E-state index contributed by atoms with van der Waals surface area (Å²) in [6.07, 6.45) is 3.70. The summed E-state index contributed by atoms with van der Waals surface area (Å²) in [5.41, 5.74) is 0.997. The van der Waals surface area contributed by atoms with Gasteiger partial charge in [0.15, 0.2) is 0 Å². The molecule has 1 aromatic heterocycles. The van der Waals surface area contributed by atoms with Gasteiger partial charge in [-0.3, -0.25) is 4.79 Å². The van der Waals surface area contributed by atoms with Crippen molar-refractivity contribution in [2.24, 2.45) is 0 Å². The molecule has 0 bridgehead atoms. The summed E-state index contributed by atoms with van der Waals surface area (Å²) in [7, 11) is 0. The first-order valence-corrected chi connectivity index (χ1v) is 6.74. The molecule has 1 N–H and O–H groups in total. The molecule has 106 valence electrons. The Labute approximate surface area is 119 Å². The van der Waals surface area contributed by atoms with E-state index >= 15 is 0 Å². The summed E-state index contributed by atoms with van der Waals surface area (Å²) < 4.78 is 7.70. The van der Waals surface area contributed by atoms with Gasteiger partial charge >= 0.3 is 0 Å². The number of nitrogens with one attached hydrogen (secondary N) is 1. The van der Waals surface area contributed by atoms with Crippen LogP contribution in [-0.4, -0.2) is 23.1 Å². The summed E-state index contributed by atoms with van der Waals surface area (Å²) in [6.45, 7) is 8.36. The molecule has 2 rings (SSSR count). The van der Waals surface area contributed by atoms with Crippen LogP contribution in [0.3, 0.4) is 0 Å². The van der Waals surface area contributed by atoms with Crippen molar-refractivity contribution in [2.45, 2.75) is 26.5 Å². The maximum absolute atomic E-state index is 11.8. The van der Waals surface area contributed by atoms with Crippen LogP contribution in [0.5, 0.6) is 5.75 Å². The predicted molar refractivity (Wildman–Crippen MR) is 80.9 cm³/mol. The van der Waals surface area contributed by atoms with Gasteiger partial charge in [0, 0.05) is 18.1 Å². The molecule has 0 saturated carbocycles. The van der Waals surface area contributed by atoms with Gasteiger partial charge in [-0.1, -0.05) is 12.1 Å². The third kappa shape index (κ3) is 3.20. The van der Waals surface area contributed by atoms with Gasteiger partial charge in [-0.05, 0) is 32.0 Å². The van der Waals surface area contributed by atoms with Gasteiger partial charge in [-0.2, -0.15) is 0 Å². The van der Waals surface area contributed by atoms with E-state index in [1.54, 1.807) is 6.08 Å². The van der Waals surface area contributed by atoms with Gasteiger partial charge in [0.05, 0.1) is 11.6 Å². The van der Waals surface area contributed by atoms with Gasteiger partial charge in [0.25, 0.3) is 0 Å². The molecule has 2 aromatic rings. The van der Waals surface area contributed by atoms with Crippen LogP contribution in [0.2, 0.25) is 0 Å². The molecular formula is C16H20N2O2. The zero-order chi connectivity index (χ0) is 14.5. The molecule has 0 aliphatic heterocycles. The second kappa shape index (κ2) is 6.28. The van der Waals surface area contributed by atoms with E-state index < -0.39 is 0 Å². The molecule has 4 heteroatoms. The van der Waals surface area contributed by atoms with E-state index in [0.717, 1.165) is 16.7 Å². The average molecular weight is 272 g/mol. The summed E-state index contributed by atoms with van der Waals surface area (Å²) in [5.74, 6) is 0.820. The molecule has 1 aromatic carbocycles. The molecule has 0 aliphatic carbocycles. The van der Waals surface area contributed by atoms with Gasteiger partial charge in [-0.25, -0.2) is 0 Å². The zero-order valence-electron chi connectivity index (χ0n) is 11.9. The number of nitrogens with zero attached hydrogens (tertiary/aromatic N) is 1. The van der Waals surface area contributed by atoms with Gasteiger partial charge in [0.1, 0.15) is 12.3 Å². The molecule has 0 aliphatic rings. The molecule has 0 atom stereocenters. The van der Waals surface area contributed by atoms with Crippen molar-refractivity contribution in [1.82, 2.24) is 9.88 Å². The number of hydrogen-bond acceptors (Lipinski definition) is 2. The zero-order valence-corrected chi connectivity index (χ0v) is 11.9. The Morgan fingerprint density at radius 3 is 2.95 bits per heavy atom. The number of ether oxygens (including phenoxy) is 1. The maximum atomic E-state index is 11.8. The van der Waals surface area contributed by atoms with Crippen molar-refractivity contribution in [3.05, 3.63) is 43.1 Å². The second-order valence-electron chi connectivity index (χ2n) is 4.89. The molecule has 1 amide bonds. The fourth-order valence-corrected chi connectivity index (χ4v) is 2.09. The van der Waals surface area contributed by atoms with Crippen molar-refractivity contribution < 1.29 is 9.53 Å². The Hall–Kier alpha value is -2.23. The van der Waals surface area contributed by atoms with E-state index in [-0.39, 0.29) is 12.0 Å². The van der Waals surface area contributed by atoms with Crippen molar-refractivity contribution in [1.29, 1.82) is 0 Å². The number of carbonyl (C=O) groups excluding carboxylic acids is 1. The lowest BCUT2D eigenvalue weighted by molar-refractivity contribution is -0.121. The molecule has 0 spiro atoms. The standard InChI is InChI=1S/C16H20N2O2/c1-4-9-17-16(19)11-18-10-8-13-14(18)6-5-7-15(13)20-12(2)3/h4-8,10,12H,1,9,11H2,2-3H3,(H,17,19). The fraction of sp³-hybridized carbons (Fsp3) is 0.312. The summed E-state index contributed by atoms with van der Waals surface area (Å²) in [6, 6.07) is 7.86. The number of rotatable bonds is 6. The number of carbonyl (C=O) groups is 1. The third-order valence-electron chi connectivity index (χ3n) is 2.89. The van der Waals surface area contributed by atoms with E-state index in [2.05, 4.69) is 11.9 Å². The quantitative estimate of drug-likeness (QED) is 0.822. The van der Waals surface area contributed by atoms with Crippen LogP contribution in [0.25, 0.3) is 10.9 Å². The van der Waals surface area contributed by atoms with Crippen molar-refractivity contribution in [2.75, 3.05) is 6.54 Å². The minimum Gasteiger partial charge on any atom is -0.490 e. The SMILES string of the molecule is C=CCNC(=O)Cn1ccc2c(OC(C)C)cccc21. The molecule has 0 unspecified atom stereocenters. The molecule has 0 saturated heterocycles. The summed E-state index contributed by atoms with van der Waals surface area (Å²) in [5, 5.41) is 3.80. The average Bonchev–Trinajstić information content (AvgIpc) is 2.80. The van der Waals surface area contributed by atoms with Crippen LogP contribution in [0.1, 0.15) is 13.8 Å². The lowest BCUT2D eigenvalue weighted by Crippen LogP contribution is -2.27. The first-order chi connectivity index (χ1) is 9.61. The minimum atomic E-state index is -0.0300. The van der Waals surface area contributed by atoms with Crippen LogP contribution in [0.15, 0.2) is 43.1 Å². The molecule has 0 fully saturated rings. The largest absolute Gasteiger partial charge is 0.490 e. The Balaban J connectivity index is 2.23. The van der Waals surface area contributed by atoms with Crippen molar-refractivity contribution >= 4 is 16.8 Å². The molecule has 0 radical (unpaired) electrons. The minimum absolute atomic E-state index is 0.0300. The first-order valence-electron chi connectivity index (χ1n) is 6.74. The Bertz CT molecular complexity index is 614. The lowest BCUT2D eigenvalue weighted by atomic mass is 10.2. The highest BCUT2D eigenvalue weighted by Gasteiger charge is 2.09. The third-order valence-corrected chi connectivity index (χ3v) is 2.89. The van der Waals surface area contributed by atoms with E-state index in [9.17, 15) is 4.79 Å². The lowest BCUT2D eigenvalue weighted by Gasteiger charge is -2.11. The molecular weight excluding hydrogens is 252 g/mol. The maximum Gasteiger partial charge on any atom is 0.240 e. The predicted octanol–water partition coefficient (Wildman–Crippen LogP) is 2.73. The van der Waals surface area contributed by atoms with Crippen molar-refractivity contribution in [3.63, 3.8) is 0 Å². The fourth-order valence-electron chi connectivity index (χ4n) is 2.09. The number of aromatic nitrogens is 1. The smallest absolute Gasteiger partial charge is 0.240 e. The van der Waals surface area contributed by atoms with E-state index in [1.807, 2.05) is 48.9 Å². The highest BCUT2D eigenvalue weighted by Crippen LogP contribution is 2.27. The van der Waals surface area contributed by atoms with Crippen molar-refractivity contribution in [3.8, 4) is 5.75 Å². The topological polar surface area (TPSA) is 43.3 Å². The van der Waals surface area contributed by atoms with E-state index in [4.69, 9.17) is 4.74 Å². The Kier molecular flexibility index (Phi) is 4.45. The number of hydrogen-bond donors (Lipinski definition) is 1. The summed E-state index contributed by atoms with van der Waals surface area (Å²) in [4.78, 5) is 11.8. The number of amides is 1. The molecule has 4 nitrogen and oxygen atoms in total. The van der Waals surface area contributed by atoms with Crippen LogP contribution in [0.4, 0.5) is 0 Å². The highest BCUT2D eigenvalue weighted by atomic mass is 16.5. The highest BCUT2D eigenvalue weighted by molar-refractivity contribution is 5.88. The first kappa shape index (κ1) is 14.2. The molecule has 1 heterocycles. The Morgan fingerprint density at radius 1 is 1.45 bits per heavy atom. The molecule has 20 heavy (non-hydrogen) atoms. The van der Waals surface area contributed by atoms with Gasteiger partial charge in [0.2, 0.25) is 5.91 Å². The van der Waals surface area contributed by atoms with Crippen LogP contribution >= 0.6 is 0 Å². The number of fused-ring (bicyclic) bond motifs is 1. The summed E-state index contributed by atoms with van der Waals surface area (Å²) >= 11 is 0.